The number of methoxy groups -OCH3 is 1. The van der Waals surface area contributed by atoms with Crippen molar-refractivity contribution in [1.29, 1.82) is 0 Å². The molecule has 0 aromatic carbocycles. The number of nitrogens with one attached hydrogen (secondary N) is 1. The number of amides is 2. The molecule has 2 amide bonds. The number of thiocarbonyl (C=S) groups is 1. The smallest absolute Gasteiger partial charge is 0.408 e. The minimum Gasteiger partial charge on any atom is -0.479 e. The summed E-state index contributed by atoms with van der Waals surface area (Å²) in [7, 11) is 1.64. The number of rotatable bonds is 46. The molecule has 0 radical (unpaired) electrons. The van der Waals surface area contributed by atoms with Crippen LogP contribution in [0.2, 0.25) is 0 Å². The van der Waals surface area contributed by atoms with Crippen molar-refractivity contribution in [3.8, 4) is 0 Å². The molecule has 1 aliphatic heterocycles. The van der Waals surface area contributed by atoms with E-state index < -0.39 is 17.4 Å². The van der Waals surface area contributed by atoms with Gasteiger partial charge in [-0.1, -0.05) is 18.7 Å². The van der Waals surface area contributed by atoms with Gasteiger partial charge in [0.2, 0.25) is 10.3 Å². The van der Waals surface area contributed by atoms with E-state index in [0.717, 1.165) is 18.2 Å². The Morgan fingerprint density at radius 3 is 1.30 bits per heavy atom. The van der Waals surface area contributed by atoms with E-state index in [2.05, 4.69) is 5.32 Å². The van der Waals surface area contributed by atoms with Gasteiger partial charge in [0.05, 0.1) is 176 Å². The SMILES string of the molecule is CCOC(=O)C(C)CC(CC(NC(=O)OCCOCCOCCOCCOCCOCCOCCOCCOCCOCCOCCOCCOC)SC(=S)OCC)N1CCCC1=O. The van der Waals surface area contributed by atoms with Crippen LogP contribution in [0.4, 0.5) is 4.79 Å². The zero-order valence-corrected chi connectivity index (χ0v) is 40.4. The first-order valence-corrected chi connectivity index (χ1v) is 23.7. The molecular weight excluding hydrogens is 885 g/mol. The summed E-state index contributed by atoms with van der Waals surface area (Å²) in [6, 6.07) is -0.323. The topological polar surface area (TPSA) is 205 Å². The molecule has 1 rings (SSSR count). The quantitative estimate of drug-likeness (QED) is 0.0403. The van der Waals surface area contributed by atoms with E-state index in [1.807, 2.05) is 6.92 Å². The van der Waals surface area contributed by atoms with Gasteiger partial charge in [0.15, 0.2) is 0 Å². The normalized spacial score (nSPS) is 14.1. The number of carbonyl (C=O) groups is 3. The molecule has 3 atom stereocenters. The summed E-state index contributed by atoms with van der Waals surface area (Å²) in [5.41, 5.74) is 0. The lowest BCUT2D eigenvalue weighted by atomic mass is 9.98. The first kappa shape index (κ1) is 60.0. The molecule has 0 spiro atoms. The molecule has 20 nitrogen and oxygen atoms in total. The average molecular weight is 963 g/mol. The van der Waals surface area contributed by atoms with Crippen LogP contribution < -0.4 is 5.32 Å². The second kappa shape index (κ2) is 44.8. The van der Waals surface area contributed by atoms with Crippen molar-refractivity contribution in [2.75, 3.05) is 185 Å². The molecule has 0 saturated carbocycles. The highest BCUT2D eigenvalue weighted by atomic mass is 32.2. The second-order valence-electron chi connectivity index (χ2n) is 13.8. The average Bonchev–Trinajstić information content (AvgIpc) is 3.71. The molecular formula is C42H78N2O18S2. The Labute approximate surface area is 390 Å². The first-order chi connectivity index (χ1) is 31.3. The lowest BCUT2D eigenvalue weighted by molar-refractivity contribution is -0.148. The third-order valence-electron chi connectivity index (χ3n) is 8.74. The molecule has 0 aromatic heterocycles. The molecule has 1 fully saturated rings. The molecule has 0 aromatic rings. The second-order valence-corrected chi connectivity index (χ2v) is 15.6. The van der Waals surface area contributed by atoms with Crippen LogP contribution in [0.25, 0.3) is 0 Å². The zero-order chi connectivity index (χ0) is 46.6. The molecule has 22 heteroatoms. The van der Waals surface area contributed by atoms with Crippen LogP contribution in [0.15, 0.2) is 0 Å². The highest BCUT2D eigenvalue weighted by Crippen LogP contribution is 2.27. The maximum absolute atomic E-state index is 12.7. The molecule has 3 unspecified atom stereocenters. The van der Waals surface area contributed by atoms with E-state index in [1.165, 1.54) is 0 Å². The van der Waals surface area contributed by atoms with Gasteiger partial charge in [-0.05, 0) is 45.3 Å². The maximum atomic E-state index is 12.7. The molecule has 1 N–H and O–H groups in total. The standard InChI is InChI=1S/C42H78N2O18S2/c1-5-60-40(46)36(3)34-37(44-9-7-8-39(44)45)35-38(64-42(63)61-6-2)43-41(47)62-33-32-59-31-30-58-29-28-57-27-26-56-25-24-55-23-22-54-21-20-53-19-18-52-17-16-51-15-14-50-13-12-49-11-10-48-4/h36-38H,5-35H2,1-4H3,(H,43,47). The van der Waals surface area contributed by atoms with E-state index in [0.29, 0.717) is 178 Å². The summed E-state index contributed by atoms with van der Waals surface area (Å²) in [5, 5.41) is 2.27. The fourth-order valence-electron chi connectivity index (χ4n) is 5.66. The van der Waals surface area contributed by atoms with E-state index in [9.17, 15) is 14.4 Å². The Bertz CT molecular complexity index is 1140. The van der Waals surface area contributed by atoms with Gasteiger partial charge in [0.25, 0.3) is 0 Å². The van der Waals surface area contributed by atoms with Crippen molar-refractivity contribution in [3.05, 3.63) is 0 Å². The minimum absolute atomic E-state index is 0.0160. The van der Waals surface area contributed by atoms with Crippen molar-refractivity contribution >= 4 is 46.3 Å². The number of carbonyl (C=O) groups excluding carboxylic acids is 3. The lowest BCUT2D eigenvalue weighted by Crippen LogP contribution is -2.44. The van der Waals surface area contributed by atoms with Crippen molar-refractivity contribution in [2.45, 2.75) is 57.9 Å². The number of likely N-dealkylation sites (tertiary alicyclic amines) is 1. The number of hydrogen-bond acceptors (Lipinski definition) is 20. The van der Waals surface area contributed by atoms with Crippen LogP contribution in [0.3, 0.4) is 0 Å². The third kappa shape index (κ3) is 36.1. The van der Waals surface area contributed by atoms with Crippen molar-refractivity contribution in [1.82, 2.24) is 10.2 Å². The third-order valence-corrected chi connectivity index (χ3v) is 10.1. The van der Waals surface area contributed by atoms with Crippen molar-refractivity contribution in [3.63, 3.8) is 0 Å². The van der Waals surface area contributed by atoms with Crippen LogP contribution in [0.5, 0.6) is 0 Å². The monoisotopic (exact) mass is 962 g/mol. The van der Waals surface area contributed by atoms with E-state index in [4.69, 9.17) is 83.3 Å². The Kier molecular flexibility index (Phi) is 42.0. The largest absolute Gasteiger partial charge is 0.479 e. The molecule has 64 heavy (non-hydrogen) atoms. The minimum atomic E-state index is -0.661. The van der Waals surface area contributed by atoms with Gasteiger partial charge < -0.3 is 81.3 Å². The number of esters is 1. The van der Waals surface area contributed by atoms with Gasteiger partial charge in [-0.3, -0.25) is 9.59 Å². The fraction of sp³-hybridized carbons (Fsp3) is 0.905. The van der Waals surface area contributed by atoms with Gasteiger partial charge in [-0.2, -0.15) is 0 Å². The summed E-state index contributed by atoms with van der Waals surface area (Å²) in [4.78, 5) is 39.6. The predicted octanol–water partition coefficient (Wildman–Crippen LogP) is 2.89. The summed E-state index contributed by atoms with van der Waals surface area (Å²) in [6.07, 6.45) is 1.24. The molecule has 376 valence electrons. The Balaban J connectivity index is 1.95. The van der Waals surface area contributed by atoms with E-state index >= 15 is 0 Å². The van der Waals surface area contributed by atoms with Gasteiger partial charge in [-0.25, -0.2) is 4.79 Å². The van der Waals surface area contributed by atoms with E-state index in [-0.39, 0.29) is 42.1 Å². The van der Waals surface area contributed by atoms with Crippen LogP contribution in [-0.4, -0.2) is 224 Å². The zero-order valence-electron chi connectivity index (χ0n) is 38.8. The highest BCUT2D eigenvalue weighted by Gasteiger charge is 2.34. The Morgan fingerprint density at radius 2 is 0.953 bits per heavy atom. The lowest BCUT2D eigenvalue weighted by Gasteiger charge is -2.32. The van der Waals surface area contributed by atoms with Crippen LogP contribution in [-0.2, 0) is 80.6 Å². The molecule has 1 heterocycles. The molecule has 1 saturated heterocycles. The fourth-order valence-corrected chi connectivity index (χ4v) is 7.01. The van der Waals surface area contributed by atoms with Crippen LogP contribution >= 0.6 is 24.0 Å². The Hall–Kier alpha value is -2.03. The maximum Gasteiger partial charge on any atom is 0.408 e. The van der Waals surface area contributed by atoms with Crippen molar-refractivity contribution < 1.29 is 85.4 Å². The summed E-state index contributed by atoms with van der Waals surface area (Å²) in [5.74, 6) is -0.750. The van der Waals surface area contributed by atoms with Gasteiger partial charge in [0, 0.05) is 26.1 Å². The number of ether oxygens (including phenoxy) is 15. The summed E-state index contributed by atoms with van der Waals surface area (Å²) < 4.78 is 81.3. The summed E-state index contributed by atoms with van der Waals surface area (Å²) in [6.45, 7) is 17.2. The molecule has 1 aliphatic rings. The van der Waals surface area contributed by atoms with Gasteiger partial charge in [0.1, 0.15) is 6.61 Å². The van der Waals surface area contributed by atoms with Crippen LogP contribution in [0, 0.1) is 5.92 Å². The molecule has 0 aliphatic carbocycles. The number of alkyl carbamates (subject to hydrolysis) is 1. The number of nitrogens with zero attached hydrogens (tertiary/aromatic N) is 1. The predicted molar refractivity (Wildman–Crippen MR) is 241 cm³/mol. The first-order valence-electron chi connectivity index (χ1n) is 22.4. The van der Waals surface area contributed by atoms with Crippen molar-refractivity contribution in [2.24, 2.45) is 5.92 Å². The highest BCUT2D eigenvalue weighted by molar-refractivity contribution is 8.23. The van der Waals surface area contributed by atoms with Gasteiger partial charge in [-0.15, -0.1) is 0 Å². The summed E-state index contributed by atoms with van der Waals surface area (Å²) >= 11 is 6.50. The Morgan fingerprint density at radius 1 is 0.578 bits per heavy atom. The van der Waals surface area contributed by atoms with Crippen LogP contribution in [0.1, 0.15) is 46.5 Å². The number of hydrogen-bond donors (Lipinski definition) is 1. The number of thioether (sulfide) groups is 1. The van der Waals surface area contributed by atoms with Gasteiger partial charge >= 0.3 is 12.1 Å². The molecule has 0 bridgehead atoms. The van der Waals surface area contributed by atoms with E-state index in [1.54, 1.807) is 25.9 Å².